The largest absolute Gasteiger partial charge is 0.481 e. The molecule has 0 aromatic carbocycles. The molecule has 0 saturated carbocycles. The van der Waals surface area contributed by atoms with Crippen LogP contribution in [0.2, 0.25) is 0 Å². The van der Waals surface area contributed by atoms with E-state index in [0.29, 0.717) is 11.9 Å². The normalized spacial score (nSPS) is 12.3. The average molecular weight is 291 g/mol. The van der Waals surface area contributed by atoms with Gasteiger partial charge in [0.25, 0.3) is 0 Å². The minimum Gasteiger partial charge on any atom is -0.481 e. The summed E-state index contributed by atoms with van der Waals surface area (Å²) in [6.45, 7) is 0. The Morgan fingerprint density at radius 3 is 3.00 bits per heavy atom. The first kappa shape index (κ1) is 14.9. The van der Waals surface area contributed by atoms with Gasteiger partial charge < -0.3 is 10.1 Å². The minimum absolute atomic E-state index is 0.439. The van der Waals surface area contributed by atoms with Crippen LogP contribution in [0, 0.1) is 0 Å². The highest BCUT2D eigenvalue weighted by molar-refractivity contribution is 7.09. The van der Waals surface area contributed by atoms with Gasteiger partial charge in [-0.05, 0) is 37.8 Å². The maximum atomic E-state index is 5.13. The molecule has 0 fully saturated rings. The number of aromatic nitrogens is 2. The number of thiophene rings is 1. The first-order valence-electron chi connectivity index (χ1n) is 6.86. The first-order valence-corrected chi connectivity index (χ1v) is 7.74. The molecule has 0 bridgehead atoms. The summed E-state index contributed by atoms with van der Waals surface area (Å²) >= 11 is 1.83. The zero-order chi connectivity index (χ0) is 14.2. The van der Waals surface area contributed by atoms with E-state index in [1.54, 1.807) is 13.4 Å². The van der Waals surface area contributed by atoms with Gasteiger partial charge in [-0.1, -0.05) is 6.07 Å². The lowest BCUT2D eigenvalue weighted by atomic mass is 10.0. The number of aryl methyl sites for hydroxylation is 1. The summed E-state index contributed by atoms with van der Waals surface area (Å²) in [5.74, 6) is 0.628. The summed E-state index contributed by atoms with van der Waals surface area (Å²) in [6, 6.07) is 6.66. The van der Waals surface area contributed by atoms with E-state index < -0.39 is 0 Å². The molecule has 0 aliphatic carbocycles. The Balaban J connectivity index is 1.81. The van der Waals surface area contributed by atoms with Crippen LogP contribution < -0.4 is 10.1 Å². The molecule has 20 heavy (non-hydrogen) atoms. The third kappa shape index (κ3) is 4.58. The van der Waals surface area contributed by atoms with Crippen molar-refractivity contribution in [2.45, 2.75) is 31.7 Å². The van der Waals surface area contributed by atoms with Gasteiger partial charge in [-0.25, -0.2) is 9.97 Å². The summed E-state index contributed by atoms with van der Waals surface area (Å²) < 4.78 is 5.13. The smallest absolute Gasteiger partial charge is 0.216 e. The molecule has 2 aromatic heterocycles. The molecule has 0 amide bonds. The SMILES string of the molecule is CNC(CCCc1cccs1)Cc1cc(OC)ncn1. The van der Waals surface area contributed by atoms with E-state index in [-0.39, 0.29) is 0 Å². The van der Waals surface area contributed by atoms with Gasteiger partial charge in [-0.3, -0.25) is 0 Å². The van der Waals surface area contributed by atoms with Crippen LogP contribution in [0.5, 0.6) is 5.88 Å². The highest BCUT2D eigenvalue weighted by atomic mass is 32.1. The van der Waals surface area contributed by atoms with Crippen molar-refractivity contribution in [2.24, 2.45) is 0 Å². The first-order chi connectivity index (χ1) is 9.81. The summed E-state index contributed by atoms with van der Waals surface area (Å²) in [5.41, 5.74) is 1.02. The van der Waals surface area contributed by atoms with Crippen LogP contribution in [0.3, 0.4) is 0 Å². The summed E-state index contributed by atoms with van der Waals surface area (Å²) in [6.07, 6.45) is 5.95. The second-order valence-corrected chi connectivity index (χ2v) is 5.75. The third-order valence-electron chi connectivity index (χ3n) is 3.33. The standard InChI is InChI=1S/C15H21N3OS/c1-16-12(5-3-6-14-7-4-8-20-14)9-13-10-15(19-2)18-11-17-13/h4,7-8,10-12,16H,3,5-6,9H2,1-2H3. The quantitative estimate of drug-likeness (QED) is 0.812. The molecule has 2 rings (SSSR count). The van der Waals surface area contributed by atoms with E-state index in [0.717, 1.165) is 25.0 Å². The average Bonchev–Trinajstić information content (AvgIpc) is 2.99. The van der Waals surface area contributed by atoms with Crippen LogP contribution >= 0.6 is 11.3 Å². The number of rotatable bonds is 8. The van der Waals surface area contributed by atoms with Gasteiger partial charge in [0.15, 0.2) is 0 Å². The molecule has 0 aliphatic rings. The Bertz CT molecular complexity index is 502. The molecule has 1 atom stereocenters. The van der Waals surface area contributed by atoms with Gasteiger partial charge in [0.1, 0.15) is 6.33 Å². The lowest BCUT2D eigenvalue weighted by Crippen LogP contribution is -2.28. The Kier molecular flexibility index (Phi) is 5.95. The van der Waals surface area contributed by atoms with Crippen molar-refractivity contribution >= 4 is 11.3 Å². The molecule has 1 N–H and O–H groups in total. The van der Waals surface area contributed by atoms with E-state index in [1.807, 2.05) is 24.5 Å². The predicted octanol–water partition coefficient (Wildman–Crippen LogP) is 2.70. The van der Waals surface area contributed by atoms with Crippen molar-refractivity contribution in [3.63, 3.8) is 0 Å². The molecule has 5 heteroatoms. The third-order valence-corrected chi connectivity index (χ3v) is 4.26. The molecule has 2 heterocycles. The predicted molar refractivity (Wildman–Crippen MR) is 82.4 cm³/mol. The van der Waals surface area contributed by atoms with Crippen LogP contribution in [0.25, 0.3) is 0 Å². The van der Waals surface area contributed by atoms with Gasteiger partial charge in [0.05, 0.1) is 7.11 Å². The minimum atomic E-state index is 0.439. The highest BCUT2D eigenvalue weighted by Crippen LogP contribution is 2.14. The molecular weight excluding hydrogens is 270 g/mol. The van der Waals surface area contributed by atoms with Crippen molar-refractivity contribution in [3.05, 3.63) is 40.5 Å². The van der Waals surface area contributed by atoms with E-state index in [4.69, 9.17) is 4.74 Å². The summed E-state index contributed by atoms with van der Waals surface area (Å²) in [7, 11) is 3.64. The molecular formula is C15H21N3OS. The number of methoxy groups -OCH3 is 1. The summed E-state index contributed by atoms with van der Waals surface area (Å²) in [5, 5.41) is 5.51. The topological polar surface area (TPSA) is 47.0 Å². The number of nitrogens with one attached hydrogen (secondary N) is 1. The van der Waals surface area contributed by atoms with Crippen molar-refractivity contribution in [2.75, 3.05) is 14.2 Å². The van der Waals surface area contributed by atoms with E-state index in [1.165, 1.54) is 11.3 Å². The monoisotopic (exact) mass is 291 g/mol. The van der Waals surface area contributed by atoms with Crippen LogP contribution in [-0.4, -0.2) is 30.2 Å². The van der Waals surface area contributed by atoms with Crippen molar-refractivity contribution in [1.82, 2.24) is 15.3 Å². The molecule has 0 radical (unpaired) electrons. The molecule has 1 unspecified atom stereocenters. The van der Waals surface area contributed by atoms with Crippen LogP contribution in [0.1, 0.15) is 23.4 Å². The van der Waals surface area contributed by atoms with Gasteiger partial charge in [-0.15, -0.1) is 11.3 Å². The van der Waals surface area contributed by atoms with E-state index in [2.05, 4.69) is 32.8 Å². The Morgan fingerprint density at radius 2 is 2.30 bits per heavy atom. The lowest BCUT2D eigenvalue weighted by molar-refractivity contribution is 0.395. The maximum absolute atomic E-state index is 5.13. The zero-order valence-electron chi connectivity index (χ0n) is 12.0. The van der Waals surface area contributed by atoms with E-state index >= 15 is 0 Å². The molecule has 0 aliphatic heterocycles. The fourth-order valence-electron chi connectivity index (χ4n) is 2.18. The zero-order valence-corrected chi connectivity index (χ0v) is 12.8. The second-order valence-electron chi connectivity index (χ2n) is 4.71. The van der Waals surface area contributed by atoms with Crippen molar-refractivity contribution < 1.29 is 4.74 Å². The Hall–Kier alpha value is -1.46. The number of nitrogens with zero attached hydrogens (tertiary/aromatic N) is 2. The molecule has 0 saturated heterocycles. The second kappa shape index (κ2) is 7.97. The molecule has 2 aromatic rings. The maximum Gasteiger partial charge on any atom is 0.216 e. The van der Waals surface area contributed by atoms with Crippen LogP contribution in [-0.2, 0) is 12.8 Å². The van der Waals surface area contributed by atoms with Gasteiger partial charge >= 0.3 is 0 Å². The van der Waals surface area contributed by atoms with Crippen molar-refractivity contribution in [3.8, 4) is 5.88 Å². The van der Waals surface area contributed by atoms with Crippen LogP contribution in [0.15, 0.2) is 29.9 Å². The van der Waals surface area contributed by atoms with Crippen molar-refractivity contribution in [1.29, 1.82) is 0 Å². The molecule has 0 spiro atoms. The van der Waals surface area contributed by atoms with E-state index in [9.17, 15) is 0 Å². The fraction of sp³-hybridized carbons (Fsp3) is 0.467. The van der Waals surface area contributed by atoms with Crippen LogP contribution in [0.4, 0.5) is 0 Å². The summed E-state index contributed by atoms with van der Waals surface area (Å²) in [4.78, 5) is 9.80. The lowest BCUT2D eigenvalue weighted by Gasteiger charge is -2.15. The number of hydrogen-bond acceptors (Lipinski definition) is 5. The fourth-order valence-corrected chi connectivity index (χ4v) is 2.93. The number of likely N-dealkylation sites (N-methyl/N-ethyl adjacent to an activating group) is 1. The van der Waals surface area contributed by atoms with Gasteiger partial charge in [0.2, 0.25) is 5.88 Å². The Labute approximate surface area is 124 Å². The number of hydrogen-bond donors (Lipinski definition) is 1. The van der Waals surface area contributed by atoms with Gasteiger partial charge in [-0.2, -0.15) is 0 Å². The number of ether oxygens (including phenoxy) is 1. The Morgan fingerprint density at radius 1 is 1.40 bits per heavy atom. The van der Waals surface area contributed by atoms with Gasteiger partial charge in [0, 0.05) is 29.1 Å². The molecule has 108 valence electrons. The highest BCUT2D eigenvalue weighted by Gasteiger charge is 2.09. The molecule has 4 nitrogen and oxygen atoms in total.